The number of carbonyl (C=O) groups is 1. The molecule has 0 bridgehead atoms. The summed E-state index contributed by atoms with van der Waals surface area (Å²) >= 11 is 1.13. The molecule has 0 aromatic carbocycles. The van der Waals surface area contributed by atoms with Gasteiger partial charge in [0.05, 0.1) is 25.1 Å². The maximum Gasteiger partial charge on any atom is 0.268 e. The third-order valence-electron chi connectivity index (χ3n) is 5.13. The Morgan fingerprint density at radius 2 is 1.83 bits per heavy atom. The van der Waals surface area contributed by atoms with Gasteiger partial charge < -0.3 is 15.0 Å². The van der Waals surface area contributed by atoms with E-state index in [1.165, 1.54) is 10.4 Å². The van der Waals surface area contributed by atoms with E-state index in [-0.39, 0.29) is 9.77 Å². The van der Waals surface area contributed by atoms with Crippen LogP contribution in [0.2, 0.25) is 0 Å². The van der Waals surface area contributed by atoms with Crippen LogP contribution in [0.4, 0.5) is 11.5 Å². The molecule has 2 saturated heterocycles. The normalized spacial score (nSPS) is 18.6. The molecule has 0 atom stereocenters. The summed E-state index contributed by atoms with van der Waals surface area (Å²) in [6.45, 7) is 3.99. The van der Waals surface area contributed by atoms with E-state index in [1.807, 2.05) is 6.07 Å². The van der Waals surface area contributed by atoms with Gasteiger partial charge in [0.2, 0.25) is 10.0 Å². The van der Waals surface area contributed by atoms with Crippen LogP contribution in [0.25, 0.3) is 0 Å². The van der Waals surface area contributed by atoms with Crippen molar-refractivity contribution in [2.75, 3.05) is 49.6 Å². The molecule has 4 rings (SSSR count). The minimum atomic E-state index is -3.66. The molecule has 1 amide bonds. The molecule has 2 aliphatic rings. The number of pyridine rings is 1. The zero-order valence-electron chi connectivity index (χ0n) is 16.0. The molecule has 0 radical (unpaired) electrons. The minimum Gasteiger partial charge on any atom is -0.378 e. The fourth-order valence-corrected chi connectivity index (χ4v) is 6.37. The second-order valence-corrected chi connectivity index (χ2v) is 9.86. The highest BCUT2D eigenvalue weighted by Gasteiger charge is 2.31. The van der Waals surface area contributed by atoms with Crippen molar-refractivity contribution in [3.63, 3.8) is 0 Å². The number of thiophene rings is 1. The van der Waals surface area contributed by atoms with Crippen LogP contribution in [0, 0.1) is 0 Å². The van der Waals surface area contributed by atoms with Crippen molar-refractivity contribution in [2.24, 2.45) is 0 Å². The third-order valence-corrected chi connectivity index (χ3v) is 8.12. The minimum absolute atomic E-state index is 0.0758. The molecule has 0 spiro atoms. The zero-order valence-corrected chi connectivity index (χ0v) is 17.7. The van der Waals surface area contributed by atoms with Gasteiger partial charge in [0.15, 0.2) is 0 Å². The van der Waals surface area contributed by atoms with E-state index in [0.717, 1.165) is 49.4 Å². The lowest BCUT2D eigenvalue weighted by Crippen LogP contribution is -2.36. The van der Waals surface area contributed by atoms with Crippen molar-refractivity contribution in [3.05, 3.63) is 34.7 Å². The summed E-state index contributed by atoms with van der Waals surface area (Å²) in [6, 6.07) is 5.14. The van der Waals surface area contributed by atoms with Gasteiger partial charge in [-0.15, -0.1) is 11.3 Å². The summed E-state index contributed by atoms with van der Waals surface area (Å²) in [7, 11) is -3.66. The Morgan fingerprint density at radius 3 is 2.52 bits per heavy atom. The SMILES string of the molecule is O=C(Nc1ccc(N2CCOCC2)cn1)c1sccc1S(=O)(=O)N1CCCCC1. The van der Waals surface area contributed by atoms with Gasteiger partial charge in [-0.2, -0.15) is 4.31 Å². The molecule has 4 heterocycles. The highest BCUT2D eigenvalue weighted by molar-refractivity contribution is 7.89. The summed E-state index contributed by atoms with van der Waals surface area (Å²) in [5, 5.41) is 4.36. The lowest BCUT2D eigenvalue weighted by Gasteiger charge is -2.28. The molecule has 156 valence electrons. The van der Waals surface area contributed by atoms with E-state index < -0.39 is 15.9 Å². The average Bonchev–Trinajstić information content (AvgIpc) is 3.27. The molecule has 2 aliphatic heterocycles. The van der Waals surface area contributed by atoms with Crippen molar-refractivity contribution in [2.45, 2.75) is 24.2 Å². The number of hydrogen-bond acceptors (Lipinski definition) is 7. The van der Waals surface area contributed by atoms with E-state index in [9.17, 15) is 13.2 Å². The fraction of sp³-hybridized carbons (Fsp3) is 0.474. The van der Waals surface area contributed by atoms with Crippen LogP contribution < -0.4 is 10.2 Å². The Bertz CT molecular complexity index is 947. The quantitative estimate of drug-likeness (QED) is 0.774. The standard InChI is InChI=1S/C19H24N4O4S2/c24-19(21-17-5-4-15(14-20-17)22-9-11-27-12-10-22)18-16(6-13-28-18)29(25,26)23-7-2-1-3-8-23/h4-6,13-14H,1-3,7-12H2,(H,20,21,24). The van der Waals surface area contributed by atoms with Gasteiger partial charge in [0.1, 0.15) is 15.6 Å². The second kappa shape index (κ2) is 8.78. The number of hydrogen-bond donors (Lipinski definition) is 1. The van der Waals surface area contributed by atoms with Crippen LogP contribution >= 0.6 is 11.3 Å². The Morgan fingerprint density at radius 1 is 1.07 bits per heavy atom. The zero-order chi connectivity index (χ0) is 20.3. The first-order valence-electron chi connectivity index (χ1n) is 9.73. The predicted octanol–water partition coefficient (Wildman–Crippen LogP) is 2.41. The van der Waals surface area contributed by atoms with Gasteiger partial charge in [0.25, 0.3) is 5.91 Å². The maximum absolute atomic E-state index is 13.0. The van der Waals surface area contributed by atoms with Crippen LogP contribution in [-0.2, 0) is 14.8 Å². The maximum atomic E-state index is 13.0. The van der Waals surface area contributed by atoms with E-state index in [2.05, 4.69) is 15.2 Å². The Balaban J connectivity index is 1.47. The van der Waals surface area contributed by atoms with Crippen molar-refractivity contribution in [3.8, 4) is 0 Å². The van der Waals surface area contributed by atoms with Crippen molar-refractivity contribution in [1.82, 2.24) is 9.29 Å². The number of nitrogens with zero attached hydrogens (tertiary/aromatic N) is 3. The molecule has 10 heteroatoms. The molecule has 0 aliphatic carbocycles. The third kappa shape index (κ3) is 4.45. The van der Waals surface area contributed by atoms with E-state index in [0.29, 0.717) is 32.1 Å². The number of sulfonamides is 1. The van der Waals surface area contributed by atoms with Gasteiger partial charge >= 0.3 is 0 Å². The highest BCUT2D eigenvalue weighted by atomic mass is 32.2. The number of morpholine rings is 1. The molecular weight excluding hydrogens is 412 g/mol. The molecule has 0 unspecified atom stereocenters. The smallest absolute Gasteiger partial charge is 0.268 e. The van der Waals surface area contributed by atoms with Crippen LogP contribution in [0.5, 0.6) is 0 Å². The summed E-state index contributed by atoms with van der Waals surface area (Å²) < 4.78 is 32.8. The van der Waals surface area contributed by atoms with Gasteiger partial charge in [-0.05, 0) is 36.4 Å². The van der Waals surface area contributed by atoms with E-state index >= 15 is 0 Å². The number of rotatable bonds is 5. The Labute approximate surface area is 174 Å². The molecule has 1 N–H and O–H groups in total. The van der Waals surface area contributed by atoms with Crippen LogP contribution in [-0.4, -0.2) is 63.0 Å². The Kier molecular flexibility index (Phi) is 6.14. The van der Waals surface area contributed by atoms with Gasteiger partial charge in [-0.25, -0.2) is 13.4 Å². The Hall–Kier alpha value is -2.01. The average molecular weight is 437 g/mol. The van der Waals surface area contributed by atoms with Gasteiger partial charge in [-0.3, -0.25) is 4.79 Å². The van der Waals surface area contributed by atoms with Gasteiger partial charge in [0, 0.05) is 26.2 Å². The number of nitrogens with one attached hydrogen (secondary N) is 1. The summed E-state index contributed by atoms with van der Waals surface area (Å²) in [5.74, 6) is -0.0658. The lowest BCUT2D eigenvalue weighted by atomic mass is 10.2. The molecule has 8 nitrogen and oxygen atoms in total. The molecule has 2 aromatic rings. The molecule has 2 fully saturated rings. The number of ether oxygens (including phenoxy) is 1. The van der Waals surface area contributed by atoms with Crippen molar-refractivity contribution < 1.29 is 17.9 Å². The van der Waals surface area contributed by atoms with Gasteiger partial charge in [-0.1, -0.05) is 6.42 Å². The van der Waals surface area contributed by atoms with Crippen LogP contribution in [0.15, 0.2) is 34.7 Å². The fourth-order valence-electron chi connectivity index (χ4n) is 3.55. The number of carbonyl (C=O) groups excluding carboxylic acids is 1. The predicted molar refractivity (Wildman–Crippen MR) is 112 cm³/mol. The van der Waals surface area contributed by atoms with Crippen LogP contribution in [0.1, 0.15) is 28.9 Å². The monoisotopic (exact) mass is 436 g/mol. The molecule has 0 saturated carbocycles. The topological polar surface area (TPSA) is 91.8 Å². The number of aromatic nitrogens is 1. The highest BCUT2D eigenvalue weighted by Crippen LogP contribution is 2.28. The summed E-state index contributed by atoms with van der Waals surface area (Å²) in [6.07, 6.45) is 4.45. The van der Waals surface area contributed by atoms with Crippen molar-refractivity contribution in [1.29, 1.82) is 0 Å². The lowest BCUT2D eigenvalue weighted by molar-refractivity contribution is 0.102. The van der Waals surface area contributed by atoms with E-state index in [4.69, 9.17) is 4.74 Å². The number of piperidine rings is 1. The van der Waals surface area contributed by atoms with Crippen LogP contribution in [0.3, 0.4) is 0 Å². The van der Waals surface area contributed by atoms with E-state index in [1.54, 1.807) is 17.6 Å². The number of anilines is 2. The molecule has 29 heavy (non-hydrogen) atoms. The first-order valence-corrected chi connectivity index (χ1v) is 12.1. The van der Waals surface area contributed by atoms with Crippen molar-refractivity contribution >= 4 is 38.8 Å². The molecular formula is C19H24N4O4S2. The summed E-state index contributed by atoms with van der Waals surface area (Å²) in [5.41, 5.74) is 0.968. The second-order valence-electron chi connectivity index (χ2n) is 7.03. The first kappa shape index (κ1) is 20.3. The number of amides is 1. The largest absolute Gasteiger partial charge is 0.378 e. The first-order chi connectivity index (χ1) is 14.1. The summed E-state index contributed by atoms with van der Waals surface area (Å²) in [4.78, 5) is 19.5. The molecule has 2 aromatic heterocycles.